The van der Waals surface area contributed by atoms with Crippen LogP contribution >= 0.6 is 0 Å². The molecule has 0 radical (unpaired) electrons. The van der Waals surface area contributed by atoms with Gasteiger partial charge in [0.05, 0.1) is 18.0 Å². The van der Waals surface area contributed by atoms with Crippen LogP contribution in [0.3, 0.4) is 0 Å². The van der Waals surface area contributed by atoms with Crippen molar-refractivity contribution < 1.29 is 10.7 Å². The fourth-order valence-corrected chi connectivity index (χ4v) is 6.10. The maximum atomic E-state index is 9.13. The quantitative estimate of drug-likeness (QED) is 0.289. The Kier molecular flexibility index (Phi) is 3.91. The van der Waals surface area contributed by atoms with Gasteiger partial charge in [0.1, 0.15) is 0 Å². The maximum absolute atomic E-state index is 9.13. The van der Waals surface area contributed by atoms with E-state index in [1.54, 1.807) is 0 Å². The van der Waals surface area contributed by atoms with Gasteiger partial charge < -0.3 is 14.6 Å². The molecule has 1 saturated heterocycles. The Bertz CT molecular complexity index is 1550. The van der Waals surface area contributed by atoms with Crippen LogP contribution in [0, 0.1) is 0 Å². The highest BCUT2D eigenvalue weighted by atomic mass is 16.7. The van der Waals surface area contributed by atoms with E-state index in [9.17, 15) is 0 Å². The Morgan fingerprint density at radius 3 is 2.03 bits per heavy atom. The minimum Gasteiger partial charge on any atom is -0.399 e. The van der Waals surface area contributed by atoms with Crippen LogP contribution in [0.1, 0.15) is 51.3 Å². The largest absolute Gasteiger partial charge is 0.496 e. The topological polar surface area (TPSA) is 30.5 Å². The molecule has 1 unspecified atom stereocenters. The fourth-order valence-electron chi connectivity index (χ4n) is 6.10. The lowest BCUT2D eigenvalue weighted by atomic mass is 9.63. The first-order valence-corrected chi connectivity index (χ1v) is 12.3. The third-order valence-electron chi connectivity index (χ3n) is 8.45. The van der Waals surface area contributed by atoms with E-state index in [0.29, 0.717) is 6.04 Å². The smallest absolute Gasteiger partial charge is 0.399 e. The van der Waals surface area contributed by atoms with Crippen LogP contribution in [0.25, 0.3) is 11.1 Å². The van der Waals surface area contributed by atoms with Crippen molar-refractivity contribution in [2.24, 2.45) is 0 Å². The van der Waals surface area contributed by atoms with E-state index in [1.165, 1.54) is 11.1 Å². The van der Waals surface area contributed by atoms with E-state index in [0.717, 1.165) is 39.1 Å². The first-order valence-electron chi connectivity index (χ1n) is 12.8. The molecular formula is C31H28BNO2. The molecule has 0 aromatic heterocycles. The predicted octanol–water partition coefficient (Wildman–Crippen LogP) is 6.41. The third kappa shape index (κ3) is 2.59. The van der Waals surface area contributed by atoms with Crippen LogP contribution in [0.15, 0.2) is 91.0 Å². The minimum atomic E-state index is -0.610. The summed E-state index contributed by atoms with van der Waals surface area (Å²) in [6.45, 7) is 8.34. The number of rotatable bonds is 1. The number of anilines is 2. The van der Waals surface area contributed by atoms with Gasteiger partial charge in [-0.3, -0.25) is 0 Å². The van der Waals surface area contributed by atoms with Gasteiger partial charge in [-0.05, 0) is 67.1 Å². The number of para-hydroxylation sites is 2. The van der Waals surface area contributed by atoms with Crippen molar-refractivity contribution >= 4 is 24.0 Å². The average Bonchev–Trinajstić information content (AvgIpc) is 3.27. The van der Waals surface area contributed by atoms with Crippen LogP contribution in [-0.4, -0.2) is 18.3 Å². The second-order valence-electron chi connectivity index (χ2n) is 10.8. The lowest BCUT2D eigenvalue weighted by Gasteiger charge is -2.41. The lowest BCUT2D eigenvalue weighted by Crippen LogP contribution is -2.41. The molecule has 0 amide bonds. The van der Waals surface area contributed by atoms with Gasteiger partial charge in [-0.15, -0.1) is 0 Å². The zero-order valence-electron chi connectivity index (χ0n) is 21.5. The van der Waals surface area contributed by atoms with Crippen LogP contribution in [0.2, 0.25) is 0 Å². The normalized spacial score (nSPS) is 22.6. The molecule has 1 N–H and O–H groups in total. The summed E-state index contributed by atoms with van der Waals surface area (Å²) in [5.74, 6) is 0. The van der Waals surface area contributed by atoms with Gasteiger partial charge in [-0.2, -0.15) is 0 Å². The van der Waals surface area contributed by atoms with Crippen molar-refractivity contribution in [3.63, 3.8) is 0 Å². The highest BCUT2D eigenvalue weighted by Gasteiger charge is 2.55. The minimum absolute atomic E-state index is 0.439. The second-order valence-corrected chi connectivity index (χ2v) is 10.8. The summed E-state index contributed by atoms with van der Waals surface area (Å²) in [6, 6.07) is 30.1. The summed E-state index contributed by atoms with van der Waals surface area (Å²) >= 11 is 0. The summed E-state index contributed by atoms with van der Waals surface area (Å²) in [7, 11) is -0.498. The number of fused-ring (bicyclic) bond motifs is 9. The molecular weight excluding hydrogens is 429 g/mol. The molecule has 4 heteroatoms. The van der Waals surface area contributed by atoms with Crippen LogP contribution < -0.4 is 10.8 Å². The zero-order valence-corrected chi connectivity index (χ0v) is 20.5. The Morgan fingerprint density at radius 1 is 0.657 bits per heavy atom. The number of hydrogen-bond donors (Lipinski definition) is 1. The van der Waals surface area contributed by atoms with Gasteiger partial charge >= 0.3 is 7.12 Å². The van der Waals surface area contributed by atoms with Crippen molar-refractivity contribution in [1.82, 2.24) is 0 Å². The Morgan fingerprint density at radius 2 is 1.26 bits per heavy atom. The average molecular weight is 458 g/mol. The fraction of sp³-hybridized carbons (Fsp3) is 0.226. The van der Waals surface area contributed by atoms with E-state index in [1.807, 2.05) is 12.1 Å². The van der Waals surface area contributed by atoms with Crippen molar-refractivity contribution in [1.29, 1.82) is 0 Å². The molecule has 0 saturated carbocycles. The first-order chi connectivity index (χ1) is 17.3. The molecule has 7 rings (SSSR count). The maximum Gasteiger partial charge on any atom is 0.496 e. The number of nitrogens with one attached hydrogen (secondary N) is 1. The monoisotopic (exact) mass is 458 g/mol. The molecule has 2 heterocycles. The first kappa shape index (κ1) is 19.9. The highest BCUT2D eigenvalue weighted by Crippen LogP contribution is 2.60. The van der Waals surface area contributed by atoms with E-state index in [2.05, 4.69) is 106 Å². The van der Waals surface area contributed by atoms with Gasteiger partial charge in [0.25, 0.3) is 0 Å². The molecule has 4 aromatic rings. The molecule has 3 aliphatic rings. The summed E-state index contributed by atoms with van der Waals surface area (Å²) in [5.41, 5.74) is 8.38. The van der Waals surface area contributed by atoms with E-state index in [-0.39, 0.29) is 0 Å². The molecule has 2 aliphatic heterocycles. The SMILES string of the molecule is [2H]c1cccc2c1C1(c3ccccc3Nc3c(B4OC(C)(C)C(C)(C)O4)cccc31)c1ccccc1-2. The molecule has 0 bridgehead atoms. The summed E-state index contributed by atoms with van der Waals surface area (Å²) in [6.07, 6.45) is 0. The van der Waals surface area contributed by atoms with Crippen molar-refractivity contribution in [2.75, 3.05) is 5.32 Å². The predicted molar refractivity (Wildman–Crippen MR) is 143 cm³/mol. The van der Waals surface area contributed by atoms with Gasteiger partial charge in [0, 0.05) is 16.8 Å². The van der Waals surface area contributed by atoms with Crippen molar-refractivity contribution in [3.8, 4) is 11.1 Å². The number of benzene rings is 4. The van der Waals surface area contributed by atoms with E-state index >= 15 is 0 Å². The molecule has 4 aromatic carbocycles. The van der Waals surface area contributed by atoms with E-state index in [4.69, 9.17) is 10.7 Å². The number of hydrogen-bond acceptors (Lipinski definition) is 3. The molecule has 1 spiro atoms. The third-order valence-corrected chi connectivity index (χ3v) is 8.45. The van der Waals surface area contributed by atoms with Crippen LogP contribution in [0.4, 0.5) is 11.4 Å². The molecule has 1 atom stereocenters. The standard InChI is InChI=1S/C31H28BNO2/c1-29(2)30(3,4)35-32(34-29)26-18-11-17-25-28(26)33-27-19-10-9-16-24(27)31(25)22-14-7-5-12-20(22)21-13-6-8-15-23(21)31/h5-19,33H,1-4H3/i14D. The molecule has 3 nitrogen and oxygen atoms in total. The highest BCUT2D eigenvalue weighted by molar-refractivity contribution is 6.64. The van der Waals surface area contributed by atoms with Crippen molar-refractivity contribution in [2.45, 2.75) is 44.3 Å². The summed E-state index contributed by atoms with van der Waals surface area (Å²) < 4.78 is 22.2. The summed E-state index contributed by atoms with van der Waals surface area (Å²) in [4.78, 5) is 0. The van der Waals surface area contributed by atoms with Gasteiger partial charge in [-0.1, -0.05) is 84.9 Å². The Hall–Kier alpha value is -3.34. The molecule has 35 heavy (non-hydrogen) atoms. The second kappa shape index (κ2) is 6.87. The van der Waals surface area contributed by atoms with Crippen LogP contribution in [-0.2, 0) is 14.7 Å². The zero-order chi connectivity index (χ0) is 24.9. The molecule has 1 aliphatic carbocycles. The molecule has 1 fully saturated rings. The Labute approximate surface area is 208 Å². The Balaban J connectivity index is 1.58. The van der Waals surface area contributed by atoms with Gasteiger partial charge in [-0.25, -0.2) is 0 Å². The van der Waals surface area contributed by atoms with Crippen molar-refractivity contribution in [3.05, 3.63) is 113 Å². The van der Waals surface area contributed by atoms with Gasteiger partial charge in [0.15, 0.2) is 0 Å². The molecule has 172 valence electrons. The lowest BCUT2D eigenvalue weighted by molar-refractivity contribution is 0.00578. The van der Waals surface area contributed by atoms with Gasteiger partial charge in [0.2, 0.25) is 0 Å². The summed E-state index contributed by atoms with van der Waals surface area (Å²) in [5, 5.41) is 3.75. The van der Waals surface area contributed by atoms with Crippen LogP contribution in [0.5, 0.6) is 0 Å². The van der Waals surface area contributed by atoms with E-state index < -0.39 is 23.7 Å².